The number of rotatable bonds is 6. The lowest BCUT2D eigenvalue weighted by Crippen LogP contribution is -2.46. The highest BCUT2D eigenvalue weighted by Crippen LogP contribution is 2.31. The molecule has 0 spiro atoms. The minimum Gasteiger partial charge on any atom is -0.486 e. The average Bonchev–Trinajstić information content (AvgIpc) is 3.17. The fraction of sp³-hybridized carbons (Fsp3) is 0.350. The fourth-order valence-electron chi connectivity index (χ4n) is 3.43. The quantitative estimate of drug-likeness (QED) is 0.743. The molecule has 0 saturated carbocycles. The summed E-state index contributed by atoms with van der Waals surface area (Å²) in [7, 11) is -3.49. The van der Waals surface area contributed by atoms with E-state index in [9.17, 15) is 13.2 Å². The minimum absolute atomic E-state index is 0.0255. The fourth-order valence-corrected chi connectivity index (χ4v) is 4.86. The number of sulfonamides is 1. The van der Waals surface area contributed by atoms with Gasteiger partial charge in [0, 0.05) is 13.1 Å². The van der Waals surface area contributed by atoms with Crippen molar-refractivity contribution in [1.29, 1.82) is 0 Å². The molecule has 0 unspecified atom stereocenters. The molecule has 2 N–H and O–H groups in total. The number of carbonyl (C=O) groups is 1. The first-order valence-electron chi connectivity index (χ1n) is 9.51. The number of ether oxygens (including phenoxy) is 2. The summed E-state index contributed by atoms with van der Waals surface area (Å²) >= 11 is 0. The molecule has 0 radical (unpaired) electrons. The van der Waals surface area contributed by atoms with E-state index in [-0.39, 0.29) is 24.9 Å². The first-order valence-corrected chi connectivity index (χ1v) is 11.1. The Hall–Kier alpha value is -2.94. The Labute approximate surface area is 169 Å². The SMILES string of the molecule is O=C(NCCS(=O)(=O)N1CCc2ccccc21)NC[C@@H]1COc2ccccc2O1. The molecular formula is C20H23N3O5S. The van der Waals surface area contributed by atoms with Crippen molar-refractivity contribution in [3.8, 4) is 11.5 Å². The number of carbonyl (C=O) groups excluding carboxylic acids is 1. The summed E-state index contributed by atoms with van der Waals surface area (Å²) < 4.78 is 38.0. The monoisotopic (exact) mass is 417 g/mol. The summed E-state index contributed by atoms with van der Waals surface area (Å²) in [5, 5.41) is 5.28. The lowest BCUT2D eigenvalue weighted by molar-refractivity contribution is 0.0918. The molecule has 0 bridgehead atoms. The van der Waals surface area contributed by atoms with Gasteiger partial charge in [-0.05, 0) is 30.2 Å². The van der Waals surface area contributed by atoms with Gasteiger partial charge in [0.05, 0.1) is 18.0 Å². The van der Waals surface area contributed by atoms with E-state index in [1.165, 1.54) is 4.31 Å². The van der Waals surface area contributed by atoms with Crippen LogP contribution in [-0.2, 0) is 16.4 Å². The number of anilines is 1. The van der Waals surface area contributed by atoms with Crippen LogP contribution in [0.5, 0.6) is 11.5 Å². The molecule has 2 amide bonds. The standard InChI is InChI=1S/C20H23N3O5S/c24-20(22-13-16-14-27-18-7-3-4-8-19(18)28-16)21-10-12-29(25,26)23-11-9-15-5-1-2-6-17(15)23/h1-8,16H,9-14H2,(H2,21,22,24)/t16-/m1/s1. The molecular weight excluding hydrogens is 394 g/mol. The molecule has 1 atom stereocenters. The molecule has 9 heteroatoms. The van der Waals surface area contributed by atoms with Gasteiger partial charge in [-0.3, -0.25) is 4.31 Å². The van der Waals surface area contributed by atoms with Crippen molar-refractivity contribution in [3.05, 3.63) is 54.1 Å². The summed E-state index contributed by atoms with van der Waals surface area (Å²) in [6.45, 7) is 1.05. The Kier molecular flexibility index (Phi) is 5.48. The predicted molar refractivity (Wildman–Crippen MR) is 109 cm³/mol. The third kappa shape index (κ3) is 4.40. The van der Waals surface area contributed by atoms with Crippen LogP contribution in [0.15, 0.2) is 48.5 Å². The summed E-state index contributed by atoms with van der Waals surface area (Å²) in [6, 6.07) is 14.4. The lowest BCUT2D eigenvalue weighted by atomic mass is 10.2. The maximum absolute atomic E-state index is 12.6. The zero-order chi connectivity index (χ0) is 20.3. The first-order chi connectivity index (χ1) is 14.0. The molecule has 29 heavy (non-hydrogen) atoms. The Morgan fingerprint density at radius 2 is 1.83 bits per heavy atom. The van der Waals surface area contributed by atoms with E-state index in [4.69, 9.17) is 9.47 Å². The molecule has 0 saturated heterocycles. The number of urea groups is 1. The van der Waals surface area contributed by atoms with E-state index in [0.717, 1.165) is 11.3 Å². The number of para-hydroxylation sites is 3. The van der Waals surface area contributed by atoms with Crippen molar-refractivity contribution < 1.29 is 22.7 Å². The van der Waals surface area contributed by atoms with Crippen molar-refractivity contribution in [2.75, 3.05) is 36.3 Å². The zero-order valence-electron chi connectivity index (χ0n) is 15.8. The number of benzene rings is 2. The van der Waals surface area contributed by atoms with E-state index in [1.54, 1.807) is 0 Å². The maximum atomic E-state index is 12.6. The molecule has 0 aliphatic carbocycles. The molecule has 8 nitrogen and oxygen atoms in total. The topological polar surface area (TPSA) is 97.0 Å². The Morgan fingerprint density at radius 1 is 1.07 bits per heavy atom. The van der Waals surface area contributed by atoms with Gasteiger partial charge < -0.3 is 20.1 Å². The zero-order valence-corrected chi connectivity index (χ0v) is 16.7. The van der Waals surface area contributed by atoms with Crippen LogP contribution in [0.2, 0.25) is 0 Å². The predicted octanol–water partition coefficient (Wildman–Crippen LogP) is 1.52. The number of hydrogen-bond acceptors (Lipinski definition) is 5. The van der Waals surface area contributed by atoms with E-state index in [2.05, 4.69) is 10.6 Å². The number of nitrogens with one attached hydrogen (secondary N) is 2. The highest BCUT2D eigenvalue weighted by molar-refractivity contribution is 7.92. The second-order valence-electron chi connectivity index (χ2n) is 6.90. The van der Waals surface area contributed by atoms with Crippen LogP contribution in [0.3, 0.4) is 0 Å². The van der Waals surface area contributed by atoms with E-state index < -0.39 is 16.1 Å². The molecule has 2 aliphatic heterocycles. The third-order valence-corrected chi connectivity index (χ3v) is 6.65. The Balaban J connectivity index is 1.22. The smallest absolute Gasteiger partial charge is 0.314 e. The highest BCUT2D eigenvalue weighted by Gasteiger charge is 2.28. The van der Waals surface area contributed by atoms with Gasteiger partial charge in [-0.25, -0.2) is 13.2 Å². The summed E-state index contributed by atoms with van der Waals surface area (Å²) in [5.74, 6) is 1.16. The summed E-state index contributed by atoms with van der Waals surface area (Å²) in [4.78, 5) is 12.0. The summed E-state index contributed by atoms with van der Waals surface area (Å²) in [6.07, 6.45) is 0.399. The number of nitrogens with zero attached hydrogens (tertiary/aromatic N) is 1. The first kappa shape index (κ1) is 19.4. The third-order valence-electron chi connectivity index (χ3n) is 4.88. The second-order valence-corrected chi connectivity index (χ2v) is 8.91. The molecule has 2 aromatic carbocycles. The van der Waals surface area contributed by atoms with Gasteiger partial charge in [0.2, 0.25) is 10.0 Å². The van der Waals surface area contributed by atoms with Crippen LogP contribution in [-0.4, -0.2) is 52.5 Å². The van der Waals surface area contributed by atoms with E-state index in [0.29, 0.717) is 31.1 Å². The van der Waals surface area contributed by atoms with Crippen molar-refractivity contribution in [2.45, 2.75) is 12.5 Å². The van der Waals surface area contributed by atoms with E-state index in [1.807, 2.05) is 48.5 Å². The van der Waals surface area contributed by atoms with Gasteiger partial charge in [-0.2, -0.15) is 0 Å². The number of fused-ring (bicyclic) bond motifs is 2. The molecule has 154 valence electrons. The largest absolute Gasteiger partial charge is 0.486 e. The van der Waals surface area contributed by atoms with Gasteiger partial charge in [-0.1, -0.05) is 30.3 Å². The minimum atomic E-state index is -3.49. The molecule has 2 heterocycles. The van der Waals surface area contributed by atoms with Crippen molar-refractivity contribution in [3.63, 3.8) is 0 Å². The molecule has 4 rings (SSSR count). The molecule has 0 fully saturated rings. The molecule has 2 aliphatic rings. The van der Waals surface area contributed by atoms with Crippen LogP contribution in [0.25, 0.3) is 0 Å². The summed E-state index contributed by atoms with van der Waals surface area (Å²) in [5.41, 5.74) is 1.75. The average molecular weight is 417 g/mol. The van der Waals surface area contributed by atoms with Gasteiger partial charge in [0.25, 0.3) is 0 Å². The van der Waals surface area contributed by atoms with Crippen molar-refractivity contribution in [2.24, 2.45) is 0 Å². The normalized spacial score (nSPS) is 17.5. The van der Waals surface area contributed by atoms with Crippen LogP contribution < -0.4 is 24.4 Å². The van der Waals surface area contributed by atoms with Crippen LogP contribution in [0.1, 0.15) is 5.56 Å². The molecule has 0 aromatic heterocycles. The van der Waals surface area contributed by atoms with Gasteiger partial charge >= 0.3 is 6.03 Å². The van der Waals surface area contributed by atoms with Crippen LogP contribution in [0, 0.1) is 0 Å². The Morgan fingerprint density at radius 3 is 2.69 bits per heavy atom. The highest BCUT2D eigenvalue weighted by atomic mass is 32.2. The van der Waals surface area contributed by atoms with Gasteiger partial charge in [0.1, 0.15) is 6.61 Å². The van der Waals surface area contributed by atoms with Gasteiger partial charge in [-0.15, -0.1) is 0 Å². The van der Waals surface area contributed by atoms with Gasteiger partial charge in [0.15, 0.2) is 17.6 Å². The van der Waals surface area contributed by atoms with Crippen LogP contribution >= 0.6 is 0 Å². The maximum Gasteiger partial charge on any atom is 0.314 e. The number of hydrogen-bond donors (Lipinski definition) is 2. The lowest BCUT2D eigenvalue weighted by Gasteiger charge is -2.26. The van der Waals surface area contributed by atoms with E-state index >= 15 is 0 Å². The Bertz CT molecular complexity index is 995. The number of amides is 2. The van der Waals surface area contributed by atoms with Crippen molar-refractivity contribution >= 4 is 21.7 Å². The second kappa shape index (κ2) is 8.20. The van der Waals surface area contributed by atoms with Crippen LogP contribution in [0.4, 0.5) is 10.5 Å². The van der Waals surface area contributed by atoms with Crippen molar-refractivity contribution in [1.82, 2.24) is 10.6 Å². The molecule has 2 aromatic rings.